The molecule has 0 spiro atoms. The second-order valence-electron chi connectivity index (χ2n) is 3.75. The Morgan fingerprint density at radius 1 is 1.00 bits per heavy atom. The number of fused-ring (bicyclic) bond motifs is 1. The van der Waals surface area contributed by atoms with E-state index in [0.717, 1.165) is 0 Å². The molecule has 0 fully saturated rings. The zero-order valence-corrected chi connectivity index (χ0v) is 9.44. The lowest BCUT2D eigenvalue weighted by atomic mass is 9.99. The summed E-state index contributed by atoms with van der Waals surface area (Å²) in [7, 11) is 0. The third-order valence-corrected chi connectivity index (χ3v) is 2.52. The lowest BCUT2D eigenvalue weighted by Gasteiger charge is -2.05. The molecule has 1 aromatic heterocycles. The van der Waals surface area contributed by atoms with Gasteiger partial charge < -0.3 is 4.42 Å². The maximum Gasteiger partial charge on any atom is 0.347 e. The molecule has 0 aliphatic rings. The van der Waals surface area contributed by atoms with Crippen LogP contribution in [-0.4, -0.2) is 11.6 Å². The van der Waals surface area contributed by atoms with Crippen LogP contribution in [0.4, 0.5) is 0 Å². The molecular formula is C13H10O4. The van der Waals surface area contributed by atoms with Crippen LogP contribution in [0.1, 0.15) is 34.6 Å². The van der Waals surface area contributed by atoms with Crippen molar-refractivity contribution >= 4 is 22.5 Å². The van der Waals surface area contributed by atoms with Crippen molar-refractivity contribution in [1.29, 1.82) is 0 Å². The van der Waals surface area contributed by atoms with Gasteiger partial charge in [0.25, 0.3) is 0 Å². The Balaban J connectivity index is 3.04. The van der Waals surface area contributed by atoms with Crippen molar-refractivity contribution in [3.8, 4) is 0 Å². The van der Waals surface area contributed by atoms with Crippen LogP contribution < -0.4 is 5.63 Å². The van der Waals surface area contributed by atoms with Crippen molar-refractivity contribution in [2.75, 3.05) is 0 Å². The topological polar surface area (TPSA) is 64.3 Å². The van der Waals surface area contributed by atoms with Crippen LogP contribution in [0.2, 0.25) is 0 Å². The van der Waals surface area contributed by atoms with E-state index < -0.39 is 11.4 Å². The van der Waals surface area contributed by atoms with Gasteiger partial charge in [-0.05, 0) is 19.9 Å². The summed E-state index contributed by atoms with van der Waals surface area (Å²) in [6, 6.07) is 6.66. The minimum Gasteiger partial charge on any atom is -0.422 e. The summed E-state index contributed by atoms with van der Waals surface area (Å²) in [5, 5.41) is 0.491. The van der Waals surface area contributed by atoms with Gasteiger partial charge >= 0.3 is 5.63 Å². The summed E-state index contributed by atoms with van der Waals surface area (Å²) in [4.78, 5) is 34.7. The molecule has 0 atom stereocenters. The number of rotatable bonds is 2. The van der Waals surface area contributed by atoms with E-state index in [1.807, 2.05) is 0 Å². The highest BCUT2D eigenvalue weighted by atomic mass is 16.4. The summed E-state index contributed by atoms with van der Waals surface area (Å²) in [5.41, 5.74) is -0.477. The number of ketones is 2. The van der Waals surface area contributed by atoms with Gasteiger partial charge in [-0.2, -0.15) is 0 Å². The van der Waals surface area contributed by atoms with E-state index in [9.17, 15) is 14.4 Å². The molecule has 0 aliphatic heterocycles. The van der Waals surface area contributed by atoms with E-state index in [2.05, 4.69) is 0 Å². The molecule has 0 bridgehead atoms. The van der Waals surface area contributed by atoms with E-state index in [0.29, 0.717) is 11.0 Å². The predicted molar refractivity (Wildman–Crippen MR) is 62.5 cm³/mol. The highest BCUT2D eigenvalue weighted by Crippen LogP contribution is 2.20. The van der Waals surface area contributed by atoms with Gasteiger partial charge in [-0.25, -0.2) is 4.79 Å². The largest absolute Gasteiger partial charge is 0.422 e. The third-order valence-electron chi connectivity index (χ3n) is 2.52. The normalized spacial score (nSPS) is 10.5. The molecule has 0 unspecified atom stereocenters. The molecule has 0 saturated heterocycles. The first-order chi connectivity index (χ1) is 8.02. The highest BCUT2D eigenvalue weighted by Gasteiger charge is 2.20. The first-order valence-electron chi connectivity index (χ1n) is 5.10. The van der Waals surface area contributed by atoms with Crippen LogP contribution in [0.25, 0.3) is 11.0 Å². The van der Waals surface area contributed by atoms with Crippen molar-refractivity contribution in [3.05, 3.63) is 45.8 Å². The molecule has 1 heterocycles. The molecule has 17 heavy (non-hydrogen) atoms. The van der Waals surface area contributed by atoms with Crippen LogP contribution in [0.5, 0.6) is 0 Å². The number of Topliss-reactive ketones (excluding diaryl/α,β-unsaturated/α-hetero) is 2. The summed E-state index contributed by atoms with van der Waals surface area (Å²) in [6.07, 6.45) is 0. The van der Waals surface area contributed by atoms with Crippen molar-refractivity contribution in [2.24, 2.45) is 0 Å². The second-order valence-corrected chi connectivity index (χ2v) is 3.75. The van der Waals surface area contributed by atoms with Gasteiger partial charge in [-0.15, -0.1) is 0 Å². The number of benzene rings is 1. The van der Waals surface area contributed by atoms with E-state index in [-0.39, 0.29) is 16.9 Å². The third kappa shape index (κ3) is 1.78. The monoisotopic (exact) mass is 230 g/mol. The minimum absolute atomic E-state index is 0.143. The van der Waals surface area contributed by atoms with Gasteiger partial charge in [-0.1, -0.05) is 18.2 Å². The van der Waals surface area contributed by atoms with Crippen LogP contribution in [0.15, 0.2) is 33.5 Å². The maximum absolute atomic E-state index is 11.7. The molecule has 0 saturated carbocycles. The van der Waals surface area contributed by atoms with Crippen molar-refractivity contribution in [1.82, 2.24) is 0 Å². The summed E-state index contributed by atoms with van der Waals surface area (Å²) in [6.45, 7) is 2.57. The summed E-state index contributed by atoms with van der Waals surface area (Å²) >= 11 is 0. The number of carbonyl (C=O) groups is 2. The Hall–Kier alpha value is -2.23. The van der Waals surface area contributed by atoms with Crippen molar-refractivity contribution in [3.63, 3.8) is 0 Å². The molecule has 2 rings (SSSR count). The van der Waals surface area contributed by atoms with Gasteiger partial charge in [0.15, 0.2) is 11.6 Å². The molecule has 4 nitrogen and oxygen atoms in total. The number of carbonyl (C=O) groups excluding carboxylic acids is 2. The second kappa shape index (κ2) is 3.97. The molecule has 86 valence electrons. The lowest BCUT2D eigenvalue weighted by molar-refractivity contribution is 0.0978. The fraction of sp³-hybridized carbons (Fsp3) is 0.154. The number of hydrogen-bond donors (Lipinski definition) is 0. The average molecular weight is 230 g/mol. The van der Waals surface area contributed by atoms with Crippen molar-refractivity contribution in [2.45, 2.75) is 13.8 Å². The maximum atomic E-state index is 11.7. The van der Waals surface area contributed by atoms with Gasteiger partial charge in [-0.3, -0.25) is 9.59 Å². The molecule has 0 aliphatic carbocycles. The molecule has 0 radical (unpaired) electrons. The molecule has 2 aromatic rings. The smallest absolute Gasteiger partial charge is 0.347 e. The van der Waals surface area contributed by atoms with Crippen LogP contribution in [-0.2, 0) is 0 Å². The first kappa shape index (κ1) is 11.3. The standard InChI is InChI=1S/C13H10O4/c1-7(14)11-9-5-3-4-6-10(9)17-13(16)12(11)8(2)15/h3-6H,1-2H3. The lowest BCUT2D eigenvalue weighted by Crippen LogP contribution is -2.17. The molecule has 4 heteroatoms. The predicted octanol–water partition coefficient (Wildman–Crippen LogP) is 2.20. The Morgan fingerprint density at radius 3 is 2.18 bits per heavy atom. The first-order valence-corrected chi connectivity index (χ1v) is 5.10. The van der Waals surface area contributed by atoms with Crippen molar-refractivity contribution < 1.29 is 14.0 Å². The Labute approximate surface area is 96.9 Å². The van der Waals surface area contributed by atoms with Gasteiger partial charge in [0.2, 0.25) is 0 Å². The fourth-order valence-corrected chi connectivity index (χ4v) is 1.84. The van der Waals surface area contributed by atoms with Crippen LogP contribution >= 0.6 is 0 Å². The Kier molecular flexibility index (Phi) is 2.63. The van der Waals surface area contributed by atoms with Gasteiger partial charge in [0.1, 0.15) is 11.1 Å². The van der Waals surface area contributed by atoms with E-state index >= 15 is 0 Å². The van der Waals surface area contributed by atoms with E-state index in [1.54, 1.807) is 24.3 Å². The molecule has 0 amide bonds. The average Bonchev–Trinajstić information content (AvgIpc) is 2.26. The summed E-state index contributed by atoms with van der Waals surface area (Å²) < 4.78 is 5.02. The molecule has 0 N–H and O–H groups in total. The summed E-state index contributed by atoms with van der Waals surface area (Å²) in [5.74, 6) is -0.783. The molecular weight excluding hydrogens is 220 g/mol. The number of para-hydroxylation sites is 1. The van der Waals surface area contributed by atoms with E-state index in [4.69, 9.17) is 4.42 Å². The molecule has 1 aromatic carbocycles. The highest BCUT2D eigenvalue weighted by molar-refractivity contribution is 6.14. The van der Waals surface area contributed by atoms with Gasteiger partial charge in [0, 0.05) is 10.9 Å². The minimum atomic E-state index is -0.763. The zero-order chi connectivity index (χ0) is 12.6. The van der Waals surface area contributed by atoms with Gasteiger partial charge in [0.05, 0.1) is 0 Å². The van der Waals surface area contributed by atoms with Crippen LogP contribution in [0.3, 0.4) is 0 Å². The quantitative estimate of drug-likeness (QED) is 0.586. The Morgan fingerprint density at radius 2 is 1.59 bits per heavy atom. The Bertz CT molecular complexity index is 679. The van der Waals surface area contributed by atoms with Crippen LogP contribution in [0, 0.1) is 0 Å². The van der Waals surface area contributed by atoms with E-state index in [1.165, 1.54) is 13.8 Å². The SMILES string of the molecule is CC(=O)c1c(C(C)=O)c2ccccc2oc1=O. The number of hydrogen-bond acceptors (Lipinski definition) is 4. The zero-order valence-electron chi connectivity index (χ0n) is 9.44. The fourth-order valence-electron chi connectivity index (χ4n) is 1.84.